The second kappa shape index (κ2) is 8.16. The van der Waals surface area contributed by atoms with Crippen molar-refractivity contribution in [3.63, 3.8) is 0 Å². The lowest BCUT2D eigenvalue weighted by atomic mass is 9.88. The molecule has 2 aliphatic rings. The summed E-state index contributed by atoms with van der Waals surface area (Å²) in [6.45, 7) is 5.41. The van der Waals surface area contributed by atoms with E-state index in [0.29, 0.717) is 6.04 Å². The second-order valence-electron chi connectivity index (χ2n) is 6.27. The third kappa shape index (κ3) is 4.55. The van der Waals surface area contributed by atoms with Crippen molar-refractivity contribution in [2.24, 2.45) is 11.8 Å². The Labute approximate surface area is 113 Å². The third-order valence-electron chi connectivity index (χ3n) is 4.78. The fraction of sp³-hybridized carbons (Fsp3) is 1.00. The van der Waals surface area contributed by atoms with Crippen molar-refractivity contribution in [3.8, 4) is 0 Å². The number of hydrogen-bond acceptors (Lipinski definition) is 2. The summed E-state index contributed by atoms with van der Waals surface area (Å²) in [5.74, 6) is 1.80. The Balaban J connectivity index is 1.75. The van der Waals surface area contributed by atoms with Gasteiger partial charge in [-0.15, -0.1) is 0 Å². The Kier molecular flexibility index (Phi) is 6.50. The van der Waals surface area contributed by atoms with Crippen LogP contribution < -0.4 is 5.32 Å². The molecule has 2 unspecified atom stereocenters. The van der Waals surface area contributed by atoms with Crippen LogP contribution in [-0.4, -0.2) is 25.8 Å². The fourth-order valence-electron chi connectivity index (χ4n) is 3.63. The normalized spacial score (nSPS) is 27.5. The zero-order chi connectivity index (χ0) is 12.6. The van der Waals surface area contributed by atoms with E-state index in [-0.39, 0.29) is 0 Å². The van der Waals surface area contributed by atoms with Crippen LogP contribution in [0.4, 0.5) is 0 Å². The van der Waals surface area contributed by atoms with Gasteiger partial charge in [0.15, 0.2) is 0 Å². The van der Waals surface area contributed by atoms with Crippen LogP contribution >= 0.6 is 0 Å². The van der Waals surface area contributed by atoms with Crippen molar-refractivity contribution < 1.29 is 4.74 Å². The zero-order valence-electron chi connectivity index (χ0n) is 12.1. The Hall–Kier alpha value is -0.0800. The molecule has 1 heterocycles. The Morgan fingerprint density at radius 2 is 2.00 bits per heavy atom. The van der Waals surface area contributed by atoms with Crippen molar-refractivity contribution in [3.05, 3.63) is 0 Å². The quantitative estimate of drug-likeness (QED) is 0.746. The van der Waals surface area contributed by atoms with Crippen LogP contribution in [0.3, 0.4) is 0 Å². The molecular weight excluding hydrogens is 222 g/mol. The maximum Gasteiger partial charge on any atom is 0.0509 e. The molecule has 2 heteroatoms. The van der Waals surface area contributed by atoms with Gasteiger partial charge < -0.3 is 10.1 Å². The molecule has 2 rings (SSSR count). The van der Waals surface area contributed by atoms with E-state index in [1.54, 1.807) is 0 Å². The van der Waals surface area contributed by atoms with Gasteiger partial charge in [-0.2, -0.15) is 0 Å². The molecule has 0 amide bonds. The molecule has 0 bridgehead atoms. The lowest BCUT2D eigenvalue weighted by Crippen LogP contribution is -2.40. The molecule has 106 valence electrons. The standard InChI is InChI=1S/C16H31NO/c1-2-11-17-16(15-8-5-12-18-13-15)10-9-14-6-3-4-7-14/h14-17H,2-13H2,1H3. The van der Waals surface area contributed by atoms with Gasteiger partial charge in [0.05, 0.1) is 6.61 Å². The smallest absolute Gasteiger partial charge is 0.0509 e. The van der Waals surface area contributed by atoms with Crippen LogP contribution in [0, 0.1) is 11.8 Å². The highest BCUT2D eigenvalue weighted by atomic mass is 16.5. The summed E-state index contributed by atoms with van der Waals surface area (Å²) in [7, 11) is 0. The molecule has 0 aromatic heterocycles. The van der Waals surface area contributed by atoms with Crippen LogP contribution in [0.1, 0.15) is 64.7 Å². The summed E-state index contributed by atoms with van der Waals surface area (Å²) >= 11 is 0. The van der Waals surface area contributed by atoms with Crippen molar-refractivity contribution in [2.45, 2.75) is 70.8 Å². The second-order valence-corrected chi connectivity index (χ2v) is 6.27. The number of hydrogen-bond donors (Lipinski definition) is 1. The van der Waals surface area contributed by atoms with E-state index >= 15 is 0 Å². The van der Waals surface area contributed by atoms with E-state index < -0.39 is 0 Å². The van der Waals surface area contributed by atoms with E-state index in [2.05, 4.69) is 12.2 Å². The Bertz CT molecular complexity index is 207. The van der Waals surface area contributed by atoms with Gasteiger partial charge >= 0.3 is 0 Å². The first kappa shape index (κ1) is 14.3. The molecule has 18 heavy (non-hydrogen) atoms. The monoisotopic (exact) mass is 253 g/mol. The minimum atomic E-state index is 0.714. The van der Waals surface area contributed by atoms with Crippen LogP contribution in [0.25, 0.3) is 0 Å². The minimum absolute atomic E-state index is 0.714. The molecular formula is C16H31NO. The summed E-state index contributed by atoms with van der Waals surface area (Å²) in [5.41, 5.74) is 0. The minimum Gasteiger partial charge on any atom is -0.381 e. The molecule has 1 aliphatic carbocycles. The SMILES string of the molecule is CCCNC(CCC1CCCC1)C1CCCOC1. The lowest BCUT2D eigenvalue weighted by molar-refractivity contribution is 0.0369. The van der Waals surface area contributed by atoms with Gasteiger partial charge in [-0.05, 0) is 50.5 Å². The summed E-state index contributed by atoms with van der Waals surface area (Å²) in [4.78, 5) is 0. The topological polar surface area (TPSA) is 21.3 Å². The molecule has 0 spiro atoms. The van der Waals surface area contributed by atoms with Crippen molar-refractivity contribution in [1.82, 2.24) is 5.32 Å². The first-order chi connectivity index (χ1) is 8.90. The van der Waals surface area contributed by atoms with Crippen LogP contribution in [-0.2, 0) is 4.74 Å². The van der Waals surface area contributed by atoms with E-state index in [9.17, 15) is 0 Å². The summed E-state index contributed by atoms with van der Waals surface area (Å²) in [5, 5.41) is 3.78. The molecule has 1 saturated heterocycles. The van der Waals surface area contributed by atoms with Gasteiger partial charge in [0.2, 0.25) is 0 Å². The summed E-state index contributed by atoms with van der Waals surface area (Å²) < 4.78 is 5.67. The Morgan fingerprint density at radius 3 is 2.67 bits per heavy atom. The number of ether oxygens (including phenoxy) is 1. The van der Waals surface area contributed by atoms with Gasteiger partial charge in [0.1, 0.15) is 0 Å². The number of nitrogens with one attached hydrogen (secondary N) is 1. The first-order valence-corrected chi connectivity index (χ1v) is 8.21. The van der Waals surface area contributed by atoms with Crippen LogP contribution in [0.2, 0.25) is 0 Å². The maximum absolute atomic E-state index is 5.67. The fourth-order valence-corrected chi connectivity index (χ4v) is 3.63. The van der Waals surface area contributed by atoms with Crippen molar-refractivity contribution in [1.29, 1.82) is 0 Å². The molecule has 2 fully saturated rings. The van der Waals surface area contributed by atoms with Crippen LogP contribution in [0.15, 0.2) is 0 Å². The summed E-state index contributed by atoms with van der Waals surface area (Å²) in [6, 6.07) is 0.714. The van der Waals surface area contributed by atoms with Gasteiger partial charge in [0, 0.05) is 12.6 Å². The van der Waals surface area contributed by atoms with Gasteiger partial charge in [-0.3, -0.25) is 0 Å². The number of rotatable bonds is 7. The van der Waals surface area contributed by atoms with Gasteiger partial charge in [0.25, 0.3) is 0 Å². The molecule has 2 atom stereocenters. The van der Waals surface area contributed by atoms with E-state index in [1.807, 2.05) is 0 Å². The largest absolute Gasteiger partial charge is 0.381 e. The molecule has 0 aromatic rings. The average Bonchev–Trinajstić information content (AvgIpc) is 2.93. The highest BCUT2D eigenvalue weighted by Gasteiger charge is 2.25. The Morgan fingerprint density at radius 1 is 1.17 bits per heavy atom. The third-order valence-corrected chi connectivity index (χ3v) is 4.78. The van der Waals surface area contributed by atoms with Gasteiger partial charge in [-0.1, -0.05) is 32.6 Å². The molecule has 0 aromatic carbocycles. The van der Waals surface area contributed by atoms with E-state index in [1.165, 1.54) is 64.3 Å². The summed E-state index contributed by atoms with van der Waals surface area (Å²) in [6.07, 6.45) is 12.6. The molecule has 1 N–H and O–H groups in total. The molecule has 2 nitrogen and oxygen atoms in total. The highest BCUT2D eigenvalue weighted by Crippen LogP contribution is 2.30. The zero-order valence-corrected chi connectivity index (χ0v) is 12.1. The predicted octanol–water partition coefficient (Wildman–Crippen LogP) is 3.75. The van der Waals surface area contributed by atoms with E-state index in [4.69, 9.17) is 4.74 Å². The van der Waals surface area contributed by atoms with Crippen LogP contribution in [0.5, 0.6) is 0 Å². The lowest BCUT2D eigenvalue weighted by Gasteiger charge is -2.31. The maximum atomic E-state index is 5.67. The highest BCUT2D eigenvalue weighted by molar-refractivity contribution is 4.80. The van der Waals surface area contributed by atoms with Gasteiger partial charge in [-0.25, -0.2) is 0 Å². The average molecular weight is 253 g/mol. The van der Waals surface area contributed by atoms with Crippen molar-refractivity contribution >= 4 is 0 Å². The first-order valence-electron chi connectivity index (χ1n) is 8.21. The molecule has 1 saturated carbocycles. The van der Waals surface area contributed by atoms with Crippen molar-refractivity contribution in [2.75, 3.05) is 19.8 Å². The van der Waals surface area contributed by atoms with E-state index in [0.717, 1.165) is 25.0 Å². The predicted molar refractivity (Wildman–Crippen MR) is 76.8 cm³/mol. The molecule has 1 aliphatic heterocycles. The molecule has 0 radical (unpaired) electrons.